The zero-order valence-corrected chi connectivity index (χ0v) is 19.4. The van der Waals surface area contributed by atoms with Gasteiger partial charge in [0.2, 0.25) is 0 Å². The Balaban J connectivity index is 1.67. The molecule has 2 aromatic carbocycles. The lowest BCUT2D eigenvalue weighted by Crippen LogP contribution is -2.00. The van der Waals surface area contributed by atoms with Crippen molar-refractivity contribution in [2.45, 2.75) is 91.4 Å². The molecule has 0 spiro atoms. The zero-order chi connectivity index (χ0) is 21.6. The maximum Gasteiger partial charge on any atom is 0.186 e. The summed E-state index contributed by atoms with van der Waals surface area (Å²) in [5, 5.41) is 0. The van der Waals surface area contributed by atoms with Crippen molar-refractivity contribution in [3.63, 3.8) is 0 Å². The van der Waals surface area contributed by atoms with Crippen molar-refractivity contribution < 1.29 is 4.79 Å². The van der Waals surface area contributed by atoms with Gasteiger partial charge in [-0.3, -0.25) is 4.79 Å². The van der Waals surface area contributed by atoms with Gasteiger partial charge < -0.3 is 0 Å². The third-order valence-electron chi connectivity index (χ3n) is 5.95. The average molecular weight is 405 g/mol. The van der Waals surface area contributed by atoms with E-state index >= 15 is 0 Å². The summed E-state index contributed by atoms with van der Waals surface area (Å²) >= 11 is 0. The molecule has 2 rings (SSSR count). The molecule has 0 aliphatic carbocycles. The van der Waals surface area contributed by atoms with E-state index in [0.29, 0.717) is 0 Å². The summed E-state index contributed by atoms with van der Waals surface area (Å²) < 4.78 is 0. The molecule has 0 heterocycles. The third kappa shape index (κ3) is 8.69. The molecular weight excluding hydrogens is 364 g/mol. The van der Waals surface area contributed by atoms with Crippen LogP contribution in [-0.2, 0) is 6.42 Å². The van der Waals surface area contributed by atoms with Gasteiger partial charge in [0.1, 0.15) is 0 Å². The highest BCUT2D eigenvalue weighted by atomic mass is 16.1. The Kier molecular flexibility index (Phi) is 11.2. The number of rotatable bonds is 14. The highest BCUT2D eigenvalue weighted by molar-refractivity contribution is 6.08. The van der Waals surface area contributed by atoms with Crippen molar-refractivity contribution >= 4 is 11.9 Å². The molecular formula is C29H40O. The van der Waals surface area contributed by atoms with Crippen LogP contribution in [0.5, 0.6) is 0 Å². The van der Waals surface area contributed by atoms with Crippen molar-refractivity contribution in [3.05, 3.63) is 76.4 Å². The summed E-state index contributed by atoms with van der Waals surface area (Å²) in [5.41, 5.74) is 5.38. The summed E-state index contributed by atoms with van der Waals surface area (Å²) in [7, 11) is 0. The van der Waals surface area contributed by atoms with Crippen LogP contribution in [0, 0.1) is 13.8 Å². The lowest BCUT2D eigenvalue weighted by Gasteiger charge is -2.06. The lowest BCUT2D eigenvalue weighted by atomic mass is 9.98. The number of aryl methyl sites for hydroxylation is 3. The molecule has 0 aliphatic rings. The minimum Gasteiger partial charge on any atom is -0.289 e. The minimum absolute atomic E-state index is 0.0834. The van der Waals surface area contributed by atoms with Crippen LogP contribution >= 0.6 is 0 Å². The predicted octanol–water partition coefficient (Wildman–Crippen LogP) is 8.66. The molecule has 30 heavy (non-hydrogen) atoms. The molecule has 0 fully saturated rings. The first-order valence-electron chi connectivity index (χ1n) is 12.0. The molecule has 0 N–H and O–H groups in total. The first-order chi connectivity index (χ1) is 14.6. The zero-order valence-electron chi connectivity index (χ0n) is 19.4. The van der Waals surface area contributed by atoms with Gasteiger partial charge in [-0.05, 0) is 55.0 Å². The van der Waals surface area contributed by atoms with Crippen molar-refractivity contribution in [2.75, 3.05) is 0 Å². The molecule has 0 amide bonds. The van der Waals surface area contributed by atoms with Crippen LogP contribution in [0.1, 0.15) is 104 Å². The van der Waals surface area contributed by atoms with E-state index in [-0.39, 0.29) is 5.78 Å². The van der Waals surface area contributed by atoms with Crippen LogP contribution in [0.15, 0.2) is 48.5 Å². The minimum atomic E-state index is 0.0834. The fourth-order valence-electron chi connectivity index (χ4n) is 4.07. The van der Waals surface area contributed by atoms with Crippen molar-refractivity contribution in [1.29, 1.82) is 0 Å². The van der Waals surface area contributed by atoms with Gasteiger partial charge in [-0.1, -0.05) is 113 Å². The predicted molar refractivity (Wildman–Crippen MR) is 131 cm³/mol. The summed E-state index contributed by atoms with van der Waals surface area (Å²) in [6, 6.07) is 14.7. The lowest BCUT2D eigenvalue weighted by molar-refractivity contribution is 0.104. The van der Waals surface area contributed by atoms with Gasteiger partial charge in [-0.15, -0.1) is 0 Å². The van der Waals surface area contributed by atoms with Gasteiger partial charge in [0.15, 0.2) is 5.78 Å². The van der Waals surface area contributed by atoms with Crippen molar-refractivity contribution in [3.8, 4) is 0 Å². The maximum absolute atomic E-state index is 12.6. The average Bonchev–Trinajstić information content (AvgIpc) is 2.74. The molecule has 2 aromatic rings. The quantitative estimate of drug-likeness (QED) is 0.175. The van der Waals surface area contributed by atoms with Crippen LogP contribution in [0.3, 0.4) is 0 Å². The van der Waals surface area contributed by atoms with E-state index < -0.39 is 0 Å². The Hall–Kier alpha value is -2.15. The van der Waals surface area contributed by atoms with Crippen LogP contribution in [0.2, 0.25) is 0 Å². The van der Waals surface area contributed by atoms with Gasteiger partial charge in [0.25, 0.3) is 0 Å². The van der Waals surface area contributed by atoms with Crippen molar-refractivity contribution in [1.82, 2.24) is 0 Å². The fraction of sp³-hybridized carbons (Fsp3) is 0.483. The van der Waals surface area contributed by atoms with E-state index in [9.17, 15) is 4.79 Å². The Bertz CT molecular complexity index is 762. The Morgan fingerprint density at radius 2 is 1.27 bits per heavy atom. The van der Waals surface area contributed by atoms with Crippen LogP contribution in [0.25, 0.3) is 6.08 Å². The summed E-state index contributed by atoms with van der Waals surface area (Å²) in [6.45, 7) is 6.27. The second-order valence-electron chi connectivity index (χ2n) is 8.64. The van der Waals surface area contributed by atoms with Gasteiger partial charge in [0.05, 0.1) is 0 Å². The Labute approximate surface area is 184 Å². The topological polar surface area (TPSA) is 17.1 Å². The number of allylic oxidation sites excluding steroid dienone is 1. The number of benzene rings is 2. The fourth-order valence-corrected chi connectivity index (χ4v) is 4.07. The van der Waals surface area contributed by atoms with E-state index in [4.69, 9.17) is 0 Å². The maximum atomic E-state index is 12.6. The van der Waals surface area contributed by atoms with E-state index in [2.05, 4.69) is 31.2 Å². The van der Waals surface area contributed by atoms with Crippen LogP contribution in [-0.4, -0.2) is 5.78 Å². The number of carbonyl (C=O) groups excluding carboxylic acids is 1. The number of unbranched alkanes of at least 4 members (excludes halogenated alkanes) is 9. The summed E-state index contributed by atoms with van der Waals surface area (Å²) in [4.78, 5) is 12.6. The summed E-state index contributed by atoms with van der Waals surface area (Å²) in [6.07, 6.45) is 18.6. The monoisotopic (exact) mass is 404 g/mol. The molecule has 1 nitrogen and oxygen atoms in total. The smallest absolute Gasteiger partial charge is 0.186 e. The molecule has 0 saturated carbocycles. The summed E-state index contributed by atoms with van der Waals surface area (Å²) in [5.74, 6) is 0.0834. The van der Waals surface area contributed by atoms with E-state index in [1.54, 1.807) is 6.08 Å². The Morgan fingerprint density at radius 3 is 1.83 bits per heavy atom. The number of carbonyl (C=O) groups is 1. The standard InChI is InChI=1S/C29H40O/c1-4-5-6-7-8-9-10-11-12-13-17-26-18-20-27(21-19-26)22-23-28(30)29-24(2)15-14-16-25(29)3/h14-16,18-23H,4-13,17H2,1-3H3. The van der Waals surface area contributed by atoms with Gasteiger partial charge in [-0.25, -0.2) is 0 Å². The second-order valence-corrected chi connectivity index (χ2v) is 8.64. The molecule has 0 saturated heterocycles. The number of hydrogen-bond acceptors (Lipinski definition) is 1. The van der Waals surface area contributed by atoms with E-state index in [0.717, 1.165) is 28.7 Å². The number of ketones is 1. The van der Waals surface area contributed by atoms with Gasteiger partial charge in [-0.2, -0.15) is 0 Å². The molecule has 162 valence electrons. The molecule has 0 atom stereocenters. The number of hydrogen-bond donors (Lipinski definition) is 0. The normalized spacial score (nSPS) is 11.3. The first kappa shape index (κ1) is 24.1. The van der Waals surface area contributed by atoms with Crippen LogP contribution in [0.4, 0.5) is 0 Å². The van der Waals surface area contributed by atoms with Crippen molar-refractivity contribution in [2.24, 2.45) is 0 Å². The molecule has 0 unspecified atom stereocenters. The van der Waals surface area contributed by atoms with Gasteiger partial charge >= 0.3 is 0 Å². The molecule has 0 bridgehead atoms. The van der Waals surface area contributed by atoms with E-state index in [1.807, 2.05) is 38.1 Å². The van der Waals surface area contributed by atoms with Gasteiger partial charge in [0, 0.05) is 5.56 Å². The molecule has 0 aromatic heterocycles. The molecule has 0 radical (unpaired) electrons. The first-order valence-corrected chi connectivity index (χ1v) is 12.0. The largest absolute Gasteiger partial charge is 0.289 e. The highest BCUT2D eigenvalue weighted by Crippen LogP contribution is 2.16. The van der Waals surface area contributed by atoms with E-state index in [1.165, 1.54) is 69.8 Å². The highest BCUT2D eigenvalue weighted by Gasteiger charge is 2.08. The molecule has 1 heteroatoms. The van der Waals surface area contributed by atoms with Crippen LogP contribution < -0.4 is 0 Å². The second kappa shape index (κ2) is 14.0. The SMILES string of the molecule is CCCCCCCCCCCCc1ccc(C=CC(=O)c2c(C)cccc2C)cc1. The Morgan fingerprint density at radius 1 is 0.733 bits per heavy atom. The molecule has 0 aliphatic heterocycles. The third-order valence-corrected chi connectivity index (χ3v) is 5.95.